The van der Waals surface area contributed by atoms with Gasteiger partial charge in [0, 0.05) is 0 Å². The lowest BCUT2D eigenvalue weighted by Crippen LogP contribution is -2.39. The van der Waals surface area contributed by atoms with Crippen molar-refractivity contribution in [2.45, 2.75) is 64.9 Å². The zero-order valence-electron chi connectivity index (χ0n) is 21.0. The zero-order chi connectivity index (χ0) is 26.2. The summed E-state index contributed by atoms with van der Waals surface area (Å²) in [5, 5.41) is 18.3. The maximum absolute atomic E-state index is 13.2. The molecule has 0 saturated carbocycles. The molecule has 0 aromatic heterocycles. The lowest BCUT2D eigenvalue weighted by Gasteiger charge is -2.21. The van der Waals surface area contributed by atoms with Crippen LogP contribution in [0.2, 0.25) is 0 Å². The summed E-state index contributed by atoms with van der Waals surface area (Å²) >= 11 is 0. The fourth-order valence-electron chi connectivity index (χ4n) is 3.75. The molecule has 0 heterocycles. The molecule has 0 atom stereocenters. The third-order valence-electron chi connectivity index (χ3n) is 5.62. The van der Waals surface area contributed by atoms with E-state index in [1.807, 2.05) is 30.3 Å². The highest BCUT2D eigenvalue weighted by molar-refractivity contribution is 6.00. The van der Waals surface area contributed by atoms with Crippen LogP contribution in [-0.4, -0.2) is 52.7 Å². The molecule has 0 saturated heterocycles. The number of unbranched alkanes of at least 4 members (excludes halogenated alkanes) is 7. The van der Waals surface area contributed by atoms with Crippen molar-refractivity contribution in [1.29, 1.82) is 0 Å². The van der Waals surface area contributed by atoms with Gasteiger partial charge in [-0.2, -0.15) is 0 Å². The molecule has 36 heavy (non-hydrogen) atoms. The lowest BCUT2D eigenvalue weighted by atomic mass is 10.1. The van der Waals surface area contributed by atoms with Gasteiger partial charge in [0.1, 0.15) is 31.2 Å². The highest BCUT2D eigenvalue weighted by Crippen LogP contribution is 2.27. The summed E-state index contributed by atoms with van der Waals surface area (Å²) in [6.45, 7) is 1.39. The van der Waals surface area contributed by atoms with Crippen molar-refractivity contribution in [3.05, 3.63) is 59.7 Å². The van der Waals surface area contributed by atoms with Crippen LogP contribution in [0, 0.1) is 0 Å². The Hall–Kier alpha value is -3.55. The number of carboxylic acids is 2. The SMILES string of the molecule is CCCCCCCCCCOc1ccc(OCc2ccccc2)c(C(=O)N(CC(=O)O)CC(=O)O)c1. The molecule has 1 amide bonds. The number of hydrogen-bond acceptors (Lipinski definition) is 5. The molecule has 0 unspecified atom stereocenters. The second-order valence-corrected chi connectivity index (χ2v) is 8.70. The molecule has 2 aromatic rings. The van der Waals surface area contributed by atoms with Crippen molar-refractivity contribution in [3.63, 3.8) is 0 Å². The standard InChI is InChI=1S/C28H37NO7/c1-2-3-4-5-6-7-8-12-17-35-23-15-16-25(36-21-22-13-10-9-11-14-22)24(18-23)28(34)29(19-26(30)31)20-27(32)33/h9-11,13-16,18H,2-8,12,17,19-21H2,1H3,(H,30,31)(H,32,33). The Labute approximate surface area is 212 Å². The van der Waals surface area contributed by atoms with Gasteiger partial charge in [-0.1, -0.05) is 82.2 Å². The maximum atomic E-state index is 13.2. The van der Waals surface area contributed by atoms with Gasteiger partial charge in [-0.15, -0.1) is 0 Å². The summed E-state index contributed by atoms with van der Waals surface area (Å²) in [4.78, 5) is 36.4. The van der Waals surface area contributed by atoms with E-state index in [1.165, 1.54) is 38.2 Å². The molecule has 0 aliphatic rings. The highest BCUT2D eigenvalue weighted by atomic mass is 16.5. The number of ether oxygens (including phenoxy) is 2. The molecule has 0 radical (unpaired) electrons. The van der Waals surface area contributed by atoms with E-state index >= 15 is 0 Å². The fraction of sp³-hybridized carbons (Fsp3) is 0.464. The topological polar surface area (TPSA) is 113 Å². The zero-order valence-corrected chi connectivity index (χ0v) is 21.0. The Bertz CT molecular complexity index is 946. The largest absolute Gasteiger partial charge is 0.494 e. The van der Waals surface area contributed by atoms with Crippen LogP contribution in [0.1, 0.15) is 74.2 Å². The van der Waals surface area contributed by atoms with Crippen molar-refractivity contribution in [2.24, 2.45) is 0 Å². The van der Waals surface area contributed by atoms with E-state index in [0.29, 0.717) is 12.4 Å². The van der Waals surface area contributed by atoms with Crippen molar-refractivity contribution in [1.82, 2.24) is 4.90 Å². The van der Waals surface area contributed by atoms with Crippen LogP contribution in [-0.2, 0) is 16.2 Å². The monoisotopic (exact) mass is 499 g/mol. The molecular formula is C28H37NO7. The van der Waals surface area contributed by atoms with Crippen molar-refractivity contribution < 1.29 is 34.1 Å². The van der Waals surface area contributed by atoms with Gasteiger partial charge in [-0.3, -0.25) is 14.4 Å². The molecule has 8 nitrogen and oxygen atoms in total. The number of rotatable bonds is 18. The van der Waals surface area contributed by atoms with Gasteiger partial charge in [0.25, 0.3) is 5.91 Å². The van der Waals surface area contributed by atoms with Crippen LogP contribution in [0.5, 0.6) is 11.5 Å². The van der Waals surface area contributed by atoms with E-state index in [4.69, 9.17) is 9.47 Å². The third kappa shape index (κ3) is 10.8. The van der Waals surface area contributed by atoms with Crippen LogP contribution in [0.4, 0.5) is 0 Å². The molecule has 8 heteroatoms. The molecule has 2 aromatic carbocycles. The molecule has 2 rings (SSSR count). The first-order valence-electron chi connectivity index (χ1n) is 12.6. The molecule has 0 bridgehead atoms. The van der Waals surface area contributed by atoms with E-state index in [0.717, 1.165) is 29.7 Å². The minimum absolute atomic E-state index is 0.0573. The van der Waals surface area contributed by atoms with Crippen molar-refractivity contribution >= 4 is 17.8 Å². The van der Waals surface area contributed by atoms with Crippen molar-refractivity contribution in [3.8, 4) is 11.5 Å². The van der Waals surface area contributed by atoms with E-state index in [9.17, 15) is 24.6 Å². The van der Waals surface area contributed by atoms with Crippen LogP contribution in [0.25, 0.3) is 0 Å². The van der Waals surface area contributed by atoms with Gasteiger partial charge >= 0.3 is 11.9 Å². The Kier molecular flexibility index (Phi) is 12.9. The number of benzene rings is 2. The number of hydrogen-bond donors (Lipinski definition) is 2. The Morgan fingerprint density at radius 3 is 2.00 bits per heavy atom. The van der Waals surface area contributed by atoms with Crippen LogP contribution in [0.15, 0.2) is 48.5 Å². The minimum atomic E-state index is -1.31. The van der Waals surface area contributed by atoms with Crippen LogP contribution in [0.3, 0.4) is 0 Å². The van der Waals surface area contributed by atoms with Crippen molar-refractivity contribution in [2.75, 3.05) is 19.7 Å². The van der Waals surface area contributed by atoms with Crippen LogP contribution < -0.4 is 9.47 Å². The number of carbonyl (C=O) groups excluding carboxylic acids is 1. The predicted molar refractivity (Wildman–Crippen MR) is 136 cm³/mol. The van der Waals surface area contributed by atoms with Gasteiger partial charge in [0.05, 0.1) is 12.2 Å². The summed E-state index contributed by atoms with van der Waals surface area (Å²) < 4.78 is 11.7. The van der Waals surface area contributed by atoms with E-state index in [2.05, 4.69) is 6.92 Å². The first-order chi connectivity index (χ1) is 17.4. The van der Waals surface area contributed by atoms with E-state index < -0.39 is 30.9 Å². The highest BCUT2D eigenvalue weighted by Gasteiger charge is 2.25. The number of aliphatic carboxylic acids is 2. The Morgan fingerprint density at radius 1 is 0.778 bits per heavy atom. The first-order valence-corrected chi connectivity index (χ1v) is 12.6. The summed E-state index contributed by atoms with van der Waals surface area (Å²) in [6.07, 6.45) is 9.37. The number of nitrogens with zero attached hydrogens (tertiary/aromatic N) is 1. The molecule has 0 aliphatic carbocycles. The minimum Gasteiger partial charge on any atom is -0.494 e. The smallest absolute Gasteiger partial charge is 0.323 e. The first kappa shape index (κ1) is 28.7. The molecule has 0 aliphatic heterocycles. The van der Waals surface area contributed by atoms with Gasteiger partial charge in [0.15, 0.2) is 0 Å². The Morgan fingerprint density at radius 2 is 1.39 bits per heavy atom. The second kappa shape index (κ2) is 16.2. The average molecular weight is 500 g/mol. The maximum Gasteiger partial charge on any atom is 0.323 e. The summed E-state index contributed by atoms with van der Waals surface area (Å²) in [5.41, 5.74) is 0.945. The van der Waals surface area contributed by atoms with Gasteiger partial charge < -0.3 is 24.6 Å². The molecule has 2 N–H and O–H groups in total. The van der Waals surface area contributed by atoms with Gasteiger partial charge in [-0.25, -0.2) is 0 Å². The van der Waals surface area contributed by atoms with Crippen LogP contribution >= 0.6 is 0 Å². The predicted octanol–water partition coefficient (Wildman–Crippen LogP) is 5.40. The number of carboxylic acid groups (broad SMARTS) is 2. The average Bonchev–Trinajstić information content (AvgIpc) is 2.86. The summed E-state index contributed by atoms with van der Waals surface area (Å²) in [5.74, 6) is -2.69. The summed E-state index contributed by atoms with van der Waals surface area (Å²) in [7, 11) is 0. The second-order valence-electron chi connectivity index (χ2n) is 8.70. The normalized spacial score (nSPS) is 10.6. The number of amides is 1. The fourth-order valence-corrected chi connectivity index (χ4v) is 3.75. The van der Waals surface area contributed by atoms with Gasteiger partial charge in [-0.05, 0) is 30.2 Å². The Balaban J connectivity index is 2.08. The van der Waals surface area contributed by atoms with Gasteiger partial charge in [0.2, 0.25) is 0 Å². The molecular weight excluding hydrogens is 462 g/mol. The third-order valence-corrected chi connectivity index (χ3v) is 5.62. The lowest BCUT2D eigenvalue weighted by molar-refractivity contribution is -0.140. The molecule has 196 valence electrons. The van der Waals surface area contributed by atoms with E-state index in [1.54, 1.807) is 12.1 Å². The molecule has 0 spiro atoms. The quantitative estimate of drug-likeness (QED) is 0.264. The van der Waals surface area contributed by atoms with E-state index in [-0.39, 0.29) is 17.9 Å². The molecule has 0 fully saturated rings. The summed E-state index contributed by atoms with van der Waals surface area (Å²) in [6, 6.07) is 14.2. The number of carbonyl (C=O) groups is 3.